The topological polar surface area (TPSA) is 94.2 Å². The highest BCUT2D eigenvalue weighted by atomic mass is 35.5. The monoisotopic (exact) mass is 466 g/mol. The second-order valence-electron chi connectivity index (χ2n) is 7.26. The number of halogens is 1. The van der Waals surface area contributed by atoms with Gasteiger partial charge in [-0.05, 0) is 42.8 Å². The number of hydrogen-bond acceptors (Lipinski definition) is 6. The van der Waals surface area contributed by atoms with Gasteiger partial charge in [0.25, 0.3) is 5.91 Å². The molecular formula is C21H23ClN2O6S. The predicted octanol–water partition coefficient (Wildman–Crippen LogP) is 2.62. The van der Waals surface area contributed by atoms with Gasteiger partial charge in [-0.2, -0.15) is 4.31 Å². The quantitative estimate of drug-likeness (QED) is 0.728. The minimum absolute atomic E-state index is 0.0722. The van der Waals surface area contributed by atoms with Crippen LogP contribution in [0.15, 0.2) is 41.3 Å². The van der Waals surface area contributed by atoms with Crippen LogP contribution < -0.4 is 14.8 Å². The maximum atomic E-state index is 13.0. The highest BCUT2D eigenvalue weighted by molar-refractivity contribution is 7.89. The van der Waals surface area contributed by atoms with Crippen molar-refractivity contribution in [3.8, 4) is 11.5 Å². The lowest BCUT2D eigenvalue weighted by molar-refractivity contribution is 0.0730. The van der Waals surface area contributed by atoms with Crippen molar-refractivity contribution in [1.82, 2.24) is 9.62 Å². The Kier molecular flexibility index (Phi) is 6.38. The Bertz CT molecular complexity index is 1090. The average Bonchev–Trinajstić information content (AvgIpc) is 2.79. The van der Waals surface area contributed by atoms with Crippen LogP contribution >= 0.6 is 11.6 Å². The molecule has 1 amide bonds. The van der Waals surface area contributed by atoms with Crippen LogP contribution in [-0.2, 0) is 14.8 Å². The zero-order chi connectivity index (χ0) is 22.0. The van der Waals surface area contributed by atoms with Crippen molar-refractivity contribution in [3.63, 3.8) is 0 Å². The SMILES string of the molecule is CC(NC(=O)c1ccc(Cl)c(S(=O)(=O)N2CCOCC2)c1)c1ccc2c(c1)OCCO2. The minimum Gasteiger partial charge on any atom is -0.486 e. The molecule has 2 heterocycles. The number of nitrogens with zero attached hydrogens (tertiary/aromatic N) is 1. The molecular weight excluding hydrogens is 444 g/mol. The molecule has 0 aliphatic carbocycles. The highest BCUT2D eigenvalue weighted by Gasteiger charge is 2.29. The Hall–Kier alpha value is -2.33. The Morgan fingerprint density at radius 3 is 2.48 bits per heavy atom. The summed E-state index contributed by atoms with van der Waals surface area (Å²) in [6.07, 6.45) is 0. The summed E-state index contributed by atoms with van der Waals surface area (Å²) in [4.78, 5) is 12.8. The van der Waals surface area contributed by atoms with E-state index in [-0.39, 0.29) is 34.6 Å². The Labute approximate surface area is 186 Å². The molecule has 0 spiro atoms. The van der Waals surface area contributed by atoms with E-state index >= 15 is 0 Å². The van der Waals surface area contributed by atoms with E-state index in [1.54, 1.807) is 0 Å². The number of morpholine rings is 1. The van der Waals surface area contributed by atoms with Crippen LogP contribution in [0.1, 0.15) is 28.9 Å². The lowest BCUT2D eigenvalue weighted by atomic mass is 10.1. The second-order valence-corrected chi connectivity index (χ2v) is 9.57. The summed E-state index contributed by atoms with van der Waals surface area (Å²) in [7, 11) is -3.83. The van der Waals surface area contributed by atoms with Crippen LogP contribution in [0.5, 0.6) is 11.5 Å². The van der Waals surface area contributed by atoms with Crippen molar-refractivity contribution in [2.75, 3.05) is 39.5 Å². The number of sulfonamides is 1. The highest BCUT2D eigenvalue weighted by Crippen LogP contribution is 2.33. The number of amides is 1. The zero-order valence-corrected chi connectivity index (χ0v) is 18.5. The summed E-state index contributed by atoms with van der Waals surface area (Å²) in [5, 5.41) is 2.96. The van der Waals surface area contributed by atoms with Gasteiger partial charge in [-0.15, -0.1) is 0 Å². The van der Waals surface area contributed by atoms with E-state index in [1.165, 1.54) is 22.5 Å². The van der Waals surface area contributed by atoms with Gasteiger partial charge in [0.05, 0.1) is 24.3 Å². The van der Waals surface area contributed by atoms with Gasteiger partial charge in [-0.1, -0.05) is 17.7 Å². The second kappa shape index (κ2) is 9.04. The van der Waals surface area contributed by atoms with Crippen LogP contribution in [0.25, 0.3) is 0 Å². The first kappa shape index (κ1) is 21.9. The van der Waals surface area contributed by atoms with Crippen molar-refractivity contribution >= 4 is 27.5 Å². The molecule has 8 nitrogen and oxygen atoms in total. The van der Waals surface area contributed by atoms with Gasteiger partial charge in [0.1, 0.15) is 18.1 Å². The summed E-state index contributed by atoms with van der Waals surface area (Å²) in [6.45, 7) is 3.96. The van der Waals surface area contributed by atoms with Crippen molar-refractivity contribution < 1.29 is 27.4 Å². The summed E-state index contributed by atoms with van der Waals surface area (Å²) < 4.78 is 43.6. The van der Waals surface area contributed by atoms with Gasteiger partial charge in [-0.25, -0.2) is 8.42 Å². The van der Waals surface area contributed by atoms with Crippen molar-refractivity contribution in [2.45, 2.75) is 17.9 Å². The molecule has 0 bridgehead atoms. The Balaban J connectivity index is 1.53. The van der Waals surface area contributed by atoms with Crippen LogP contribution in [0.4, 0.5) is 0 Å². The molecule has 31 heavy (non-hydrogen) atoms. The number of benzene rings is 2. The van der Waals surface area contributed by atoms with Gasteiger partial charge in [0.2, 0.25) is 10.0 Å². The van der Waals surface area contributed by atoms with Gasteiger partial charge in [0.15, 0.2) is 11.5 Å². The summed E-state index contributed by atoms with van der Waals surface area (Å²) in [5.74, 6) is 0.900. The number of fused-ring (bicyclic) bond motifs is 1. The number of hydrogen-bond donors (Lipinski definition) is 1. The molecule has 2 aliphatic rings. The lowest BCUT2D eigenvalue weighted by Crippen LogP contribution is -2.40. The molecule has 1 unspecified atom stereocenters. The summed E-state index contributed by atoms with van der Waals surface area (Å²) >= 11 is 6.18. The van der Waals surface area contributed by atoms with Crippen LogP contribution in [0.2, 0.25) is 5.02 Å². The lowest BCUT2D eigenvalue weighted by Gasteiger charge is -2.26. The van der Waals surface area contributed by atoms with Crippen LogP contribution in [-0.4, -0.2) is 58.1 Å². The molecule has 0 radical (unpaired) electrons. The van der Waals surface area contributed by atoms with E-state index in [9.17, 15) is 13.2 Å². The predicted molar refractivity (Wildman–Crippen MR) is 114 cm³/mol. The zero-order valence-electron chi connectivity index (χ0n) is 17.0. The van der Waals surface area contributed by atoms with Gasteiger partial charge >= 0.3 is 0 Å². The van der Waals surface area contributed by atoms with E-state index in [2.05, 4.69) is 5.32 Å². The Morgan fingerprint density at radius 1 is 1.03 bits per heavy atom. The molecule has 10 heteroatoms. The largest absolute Gasteiger partial charge is 0.486 e. The van der Waals surface area contributed by atoms with Gasteiger partial charge in [-0.3, -0.25) is 4.79 Å². The molecule has 1 saturated heterocycles. The Morgan fingerprint density at radius 2 is 1.74 bits per heavy atom. The first-order valence-electron chi connectivity index (χ1n) is 9.94. The molecule has 4 rings (SSSR count). The standard InChI is InChI=1S/C21H23ClN2O6S/c1-14(15-3-5-18-19(12-15)30-11-10-29-18)23-21(25)16-2-4-17(22)20(13-16)31(26,27)24-6-8-28-9-7-24/h2-5,12-14H,6-11H2,1H3,(H,23,25). The third kappa shape index (κ3) is 4.64. The third-order valence-corrected chi connectivity index (χ3v) is 7.58. The van der Waals surface area contributed by atoms with Gasteiger partial charge < -0.3 is 19.5 Å². The number of nitrogens with one attached hydrogen (secondary N) is 1. The molecule has 1 fully saturated rings. The smallest absolute Gasteiger partial charge is 0.251 e. The molecule has 166 valence electrons. The fraction of sp³-hybridized carbons (Fsp3) is 0.381. The molecule has 1 N–H and O–H groups in total. The molecule has 2 aromatic rings. The first-order chi connectivity index (χ1) is 14.9. The molecule has 1 atom stereocenters. The third-order valence-electron chi connectivity index (χ3n) is 5.20. The number of rotatable bonds is 5. The molecule has 2 aromatic carbocycles. The summed E-state index contributed by atoms with van der Waals surface area (Å²) in [6, 6.07) is 9.41. The fourth-order valence-corrected chi connectivity index (χ4v) is 5.37. The van der Waals surface area contributed by atoms with Crippen molar-refractivity contribution in [3.05, 3.63) is 52.5 Å². The molecule has 2 aliphatic heterocycles. The number of ether oxygens (including phenoxy) is 3. The van der Waals surface area contributed by atoms with Crippen molar-refractivity contribution in [2.24, 2.45) is 0 Å². The first-order valence-corrected chi connectivity index (χ1v) is 11.8. The van der Waals surface area contributed by atoms with Gasteiger partial charge in [0, 0.05) is 18.7 Å². The molecule has 0 saturated carbocycles. The van der Waals surface area contributed by atoms with Crippen LogP contribution in [0.3, 0.4) is 0 Å². The number of carbonyl (C=O) groups is 1. The van der Waals surface area contributed by atoms with E-state index in [0.29, 0.717) is 37.9 Å². The maximum absolute atomic E-state index is 13.0. The molecule has 0 aromatic heterocycles. The fourth-order valence-electron chi connectivity index (χ4n) is 3.46. The van der Waals surface area contributed by atoms with E-state index in [0.717, 1.165) is 5.56 Å². The van der Waals surface area contributed by atoms with Crippen molar-refractivity contribution in [1.29, 1.82) is 0 Å². The normalized spacial score (nSPS) is 17.7. The maximum Gasteiger partial charge on any atom is 0.251 e. The van der Waals surface area contributed by atoms with Crippen LogP contribution in [0, 0.1) is 0 Å². The van der Waals surface area contributed by atoms with E-state index in [4.69, 9.17) is 25.8 Å². The van der Waals surface area contributed by atoms with E-state index < -0.39 is 15.9 Å². The number of carbonyl (C=O) groups excluding carboxylic acids is 1. The summed E-state index contributed by atoms with van der Waals surface area (Å²) in [5.41, 5.74) is 1.05. The minimum atomic E-state index is -3.83. The van der Waals surface area contributed by atoms with E-state index in [1.807, 2.05) is 25.1 Å². The average molecular weight is 467 g/mol.